The summed E-state index contributed by atoms with van der Waals surface area (Å²) in [5.74, 6) is -1.73. The predicted molar refractivity (Wildman–Crippen MR) is 117 cm³/mol. The van der Waals surface area contributed by atoms with Gasteiger partial charge in [0.2, 0.25) is 5.91 Å². The van der Waals surface area contributed by atoms with Crippen LogP contribution in [0.15, 0.2) is 30.0 Å². The number of carboxylic acids is 1. The first-order chi connectivity index (χ1) is 14.7. The molecule has 31 heavy (non-hydrogen) atoms. The maximum absolute atomic E-state index is 13.1. The van der Waals surface area contributed by atoms with E-state index >= 15 is 0 Å². The lowest BCUT2D eigenvalue weighted by atomic mass is 10.1. The van der Waals surface area contributed by atoms with Crippen molar-refractivity contribution in [3.05, 3.63) is 46.1 Å². The first kappa shape index (κ1) is 24.4. The minimum atomic E-state index is -1.09. The van der Waals surface area contributed by atoms with Crippen molar-refractivity contribution in [2.75, 3.05) is 6.54 Å². The number of aryl methyl sites for hydroxylation is 1. The van der Waals surface area contributed by atoms with Gasteiger partial charge in [-0.15, -0.1) is 0 Å². The summed E-state index contributed by atoms with van der Waals surface area (Å²) in [7, 11) is 0. The zero-order chi connectivity index (χ0) is 23.1. The second-order valence-corrected chi connectivity index (χ2v) is 8.01. The third kappa shape index (κ3) is 6.30. The summed E-state index contributed by atoms with van der Waals surface area (Å²) in [6.45, 7) is 5.68. The summed E-state index contributed by atoms with van der Waals surface area (Å²) in [5.41, 5.74) is 1.77. The molecule has 1 aromatic rings. The average Bonchev–Trinajstić information content (AvgIpc) is 3.21. The van der Waals surface area contributed by atoms with Crippen molar-refractivity contribution in [3.63, 3.8) is 0 Å². The molecule has 9 heteroatoms. The van der Waals surface area contributed by atoms with Crippen LogP contribution < -0.4 is 10.6 Å². The molecular formula is C22H28ClN3O5. The van der Waals surface area contributed by atoms with Crippen molar-refractivity contribution in [1.29, 1.82) is 0 Å². The zero-order valence-electron chi connectivity index (χ0n) is 17.9. The Morgan fingerprint density at radius 1 is 1.32 bits per heavy atom. The van der Waals surface area contributed by atoms with Gasteiger partial charge in [-0.25, -0.2) is 0 Å². The highest BCUT2D eigenvalue weighted by Gasteiger charge is 2.35. The molecule has 8 nitrogen and oxygen atoms in total. The molecule has 1 fully saturated rings. The maximum Gasteiger partial charge on any atom is 0.305 e. The van der Waals surface area contributed by atoms with Crippen molar-refractivity contribution in [2.24, 2.45) is 0 Å². The number of amides is 2. The summed E-state index contributed by atoms with van der Waals surface area (Å²) < 4.78 is 0. The second kappa shape index (κ2) is 10.9. The fraction of sp³-hybridized carbons (Fsp3) is 0.455. The van der Waals surface area contributed by atoms with E-state index in [9.17, 15) is 19.2 Å². The second-order valence-electron chi connectivity index (χ2n) is 7.57. The minimum Gasteiger partial charge on any atom is -0.481 e. The number of carboxylic acid groups (broad SMARTS) is 1. The first-order valence-electron chi connectivity index (χ1n) is 10.1. The van der Waals surface area contributed by atoms with Crippen LogP contribution in [-0.2, 0) is 14.4 Å². The highest BCUT2D eigenvalue weighted by Crippen LogP contribution is 2.24. The van der Waals surface area contributed by atoms with Gasteiger partial charge in [0.15, 0.2) is 0 Å². The molecule has 3 N–H and O–H groups in total. The Morgan fingerprint density at radius 2 is 2.03 bits per heavy atom. The number of halogens is 1. The fourth-order valence-electron chi connectivity index (χ4n) is 3.68. The molecule has 0 spiro atoms. The minimum absolute atomic E-state index is 0.252. The molecule has 0 radical (unpaired) electrons. The van der Waals surface area contributed by atoms with Crippen LogP contribution in [0.4, 0.5) is 0 Å². The Kier molecular flexibility index (Phi) is 8.62. The van der Waals surface area contributed by atoms with Crippen LogP contribution in [0.3, 0.4) is 0 Å². The van der Waals surface area contributed by atoms with Gasteiger partial charge in [-0.2, -0.15) is 0 Å². The number of aldehydes is 1. The van der Waals surface area contributed by atoms with Gasteiger partial charge >= 0.3 is 5.97 Å². The number of hydrogen-bond acceptors (Lipinski definition) is 5. The molecule has 1 aliphatic heterocycles. The summed E-state index contributed by atoms with van der Waals surface area (Å²) >= 11 is 5.99. The normalized spacial score (nSPS) is 18.3. The molecular weight excluding hydrogens is 422 g/mol. The highest BCUT2D eigenvalue weighted by atomic mass is 35.5. The smallest absolute Gasteiger partial charge is 0.305 e. The van der Waals surface area contributed by atoms with E-state index in [0.717, 1.165) is 12.0 Å². The van der Waals surface area contributed by atoms with Crippen LogP contribution in [-0.4, -0.2) is 58.7 Å². The molecule has 1 heterocycles. The topological polar surface area (TPSA) is 116 Å². The number of nitrogens with zero attached hydrogens (tertiary/aromatic N) is 1. The Labute approximate surface area is 186 Å². The van der Waals surface area contributed by atoms with Gasteiger partial charge in [-0.05, 0) is 51.3 Å². The maximum atomic E-state index is 13.1. The number of rotatable bonds is 9. The van der Waals surface area contributed by atoms with Crippen LogP contribution in [0.5, 0.6) is 0 Å². The van der Waals surface area contributed by atoms with E-state index in [1.54, 1.807) is 49.9 Å². The van der Waals surface area contributed by atoms with E-state index in [1.807, 2.05) is 0 Å². The van der Waals surface area contributed by atoms with Gasteiger partial charge in [0.1, 0.15) is 12.3 Å². The number of allylic oxidation sites excluding steroid dienone is 1. The van der Waals surface area contributed by atoms with Crippen molar-refractivity contribution in [1.82, 2.24) is 15.5 Å². The quantitative estimate of drug-likeness (QED) is 0.498. The standard InChI is InChI=1S/C22H28ClN3O5/c1-4-18(25-16(12-27)11-20(28)29)19-6-5-9-26(19)22(31)14(3)24-21(30)17-10-15(23)8-7-13(17)2/h4,7-8,10,12,14,16,19,25H,5-6,9,11H2,1-3H3,(H,24,30)(H,28,29)/b18-4-/t14-,16-,19-/m0/s1. The van der Waals surface area contributed by atoms with E-state index in [4.69, 9.17) is 16.7 Å². The van der Waals surface area contributed by atoms with Crippen molar-refractivity contribution >= 4 is 35.7 Å². The lowest BCUT2D eigenvalue weighted by Crippen LogP contribution is -2.50. The van der Waals surface area contributed by atoms with Crippen molar-refractivity contribution in [3.8, 4) is 0 Å². The molecule has 0 saturated carbocycles. The Bertz CT molecular complexity index is 886. The van der Waals surface area contributed by atoms with E-state index in [0.29, 0.717) is 35.5 Å². The predicted octanol–water partition coefficient (Wildman–Crippen LogP) is 2.29. The lowest BCUT2D eigenvalue weighted by Gasteiger charge is -2.31. The Morgan fingerprint density at radius 3 is 2.65 bits per heavy atom. The van der Waals surface area contributed by atoms with Crippen LogP contribution in [0.1, 0.15) is 49.0 Å². The summed E-state index contributed by atoms with van der Waals surface area (Å²) in [5, 5.41) is 15.1. The monoisotopic (exact) mass is 449 g/mol. The third-order valence-corrected chi connectivity index (χ3v) is 5.51. The van der Waals surface area contributed by atoms with Gasteiger partial charge in [0, 0.05) is 22.8 Å². The fourth-order valence-corrected chi connectivity index (χ4v) is 3.86. The number of hydrogen-bond donors (Lipinski definition) is 3. The van der Waals surface area contributed by atoms with Gasteiger partial charge < -0.3 is 25.4 Å². The zero-order valence-corrected chi connectivity index (χ0v) is 18.6. The van der Waals surface area contributed by atoms with Crippen LogP contribution in [0.25, 0.3) is 0 Å². The number of aliphatic carboxylic acids is 1. The summed E-state index contributed by atoms with van der Waals surface area (Å²) in [6, 6.07) is 3.02. The Balaban J connectivity index is 2.10. The van der Waals surface area contributed by atoms with Gasteiger partial charge in [-0.1, -0.05) is 23.7 Å². The molecule has 3 atom stereocenters. The Hall–Kier alpha value is -2.87. The average molecular weight is 450 g/mol. The van der Waals surface area contributed by atoms with Gasteiger partial charge in [-0.3, -0.25) is 14.4 Å². The van der Waals surface area contributed by atoms with Crippen LogP contribution >= 0.6 is 11.6 Å². The van der Waals surface area contributed by atoms with Crippen LogP contribution in [0, 0.1) is 6.92 Å². The number of nitrogens with one attached hydrogen (secondary N) is 2. The number of carbonyl (C=O) groups is 4. The lowest BCUT2D eigenvalue weighted by molar-refractivity contribution is -0.138. The molecule has 1 saturated heterocycles. The van der Waals surface area contributed by atoms with Crippen LogP contribution in [0.2, 0.25) is 5.02 Å². The third-order valence-electron chi connectivity index (χ3n) is 5.28. The molecule has 0 bridgehead atoms. The number of carbonyl (C=O) groups excluding carboxylic acids is 3. The molecule has 0 unspecified atom stereocenters. The van der Waals surface area contributed by atoms with Crippen molar-refractivity contribution < 1.29 is 24.3 Å². The van der Waals surface area contributed by atoms with Gasteiger partial charge in [0.05, 0.1) is 18.5 Å². The van der Waals surface area contributed by atoms with E-state index in [1.165, 1.54) is 0 Å². The van der Waals surface area contributed by atoms with E-state index in [2.05, 4.69) is 10.6 Å². The molecule has 2 amide bonds. The molecule has 168 valence electrons. The molecule has 1 aliphatic rings. The first-order valence-corrected chi connectivity index (χ1v) is 10.5. The summed E-state index contributed by atoms with van der Waals surface area (Å²) in [6.07, 6.45) is 3.37. The molecule has 1 aromatic carbocycles. The molecule has 0 aromatic heterocycles. The molecule has 0 aliphatic carbocycles. The van der Waals surface area contributed by atoms with E-state index in [-0.39, 0.29) is 24.3 Å². The van der Waals surface area contributed by atoms with Gasteiger partial charge in [0.25, 0.3) is 5.91 Å². The largest absolute Gasteiger partial charge is 0.481 e. The summed E-state index contributed by atoms with van der Waals surface area (Å²) in [4.78, 5) is 49.6. The molecule has 2 rings (SSSR count). The van der Waals surface area contributed by atoms with E-state index < -0.39 is 18.1 Å². The number of benzene rings is 1. The van der Waals surface area contributed by atoms with Crippen molar-refractivity contribution in [2.45, 2.75) is 58.2 Å². The highest BCUT2D eigenvalue weighted by molar-refractivity contribution is 6.31. The SMILES string of the molecule is C/C=C(\N[C@H](C=O)CC(=O)O)[C@@H]1CCCN1C(=O)[C@H](C)NC(=O)c1cc(Cl)ccc1C. The number of likely N-dealkylation sites (tertiary alicyclic amines) is 1.